The van der Waals surface area contributed by atoms with Crippen molar-refractivity contribution in [3.63, 3.8) is 0 Å². The Labute approximate surface area is 149 Å². The highest BCUT2D eigenvalue weighted by Gasteiger charge is 2.20. The Bertz CT molecular complexity index is 665. The van der Waals surface area contributed by atoms with Gasteiger partial charge in [-0.3, -0.25) is 0 Å². The van der Waals surface area contributed by atoms with E-state index in [1.54, 1.807) is 0 Å². The van der Waals surface area contributed by atoms with Crippen molar-refractivity contribution in [2.24, 2.45) is 0 Å². The van der Waals surface area contributed by atoms with Crippen LogP contribution in [0.15, 0.2) is 54.6 Å². The Morgan fingerprint density at radius 3 is 2.24 bits per heavy atom. The summed E-state index contributed by atoms with van der Waals surface area (Å²) < 4.78 is 5.83. The largest absolute Gasteiger partial charge is 0.457 e. The summed E-state index contributed by atoms with van der Waals surface area (Å²) in [6, 6.07) is 17.9. The second-order valence-corrected chi connectivity index (χ2v) is 6.12. The predicted octanol–water partition coefficient (Wildman–Crippen LogP) is 3.72. The summed E-state index contributed by atoms with van der Waals surface area (Å²) in [6.07, 6.45) is 0.961. The molecule has 132 valence electrons. The minimum Gasteiger partial charge on any atom is -0.457 e. The van der Waals surface area contributed by atoms with Crippen LogP contribution in [0.3, 0.4) is 0 Å². The molecule has 1 heterocycles. The van der Waals surface area contributed by atoms with Crippen LogP contribution in [0, 0.1) is 0 Å². The molecule has 3 rings (SSSR count). The van der Waals surface area contributed by atoms with Gasteiger partial charge >= 0.3 is 6.03 Å². The number of carbonyl (C=O) groups is 1. The van der Waals surface area contributed by atoms with E-state index in [1.807, 2.05) is 47.4 Å². The first kappa shape index (κ1) is 17.1. The number of nitrogens with zero attached hydrogens (tertiary/aromatic N) is 2. The number of nitrogens with one attached hydrogen (secondary N) is 1. The minimum atomic E-state index is 0.0492. The Morgan fingerprint density at radius 1 is 0.960 bits per heavy atom. The zero-order valence-electron chi connectivity index (χ0n) is 14.6. The van der Waals surface area contributed by atoms with Crippen LogP contribution in [0.2, 0.25) is 0 Å². The Kier molecular flexibility index (Phi) is 5.77. The lowest BCUT2D eigenvalue weighted by atomic mass is 10.2. The molecule has 0 unspecified atom stereocenters. The summed E-state index contributed by atoms with van der Waals surface area (Å²) in [5, 5.41) is 2.94. The van der Waals surface area contributed by atoms with E-state index < -0.39 is 0 Å². The molecule has 0 aromatic heterocycles. The lowest BCUT2D eigenvalue weighted by Crippen LogP contribution is -2.52. The molecule has 2 aromatic carbocycles. The first-order valence-electron chi connectivity index (χ1n) is 8.87. The molecule has 1 saturated heterocycles. The van der Waals surface area contributed by atoms with Crippen LogP contribution in [0.4, 0.5) is 10.5 Å². The minimum absolute atomic E-state index is 0.0492. The van der Waals surface area contributed by atoms with Gasteiger partial charge in [-0.15, -0.1) is 0 Å². The molecule has 0 aliphatic carbocycles. The molecule has 0 spiro atoms. The highest BCUT2D eigenvalue weighted by atomic mass is 16.5. The molecule has 2 aromatic rings. The van der Waals surface area contributed by atoms with Gasteiger partial charge in [0.2, 0.25) is 0 Å². The lowest BCUT2D eigenvalue weighted by Gasteiger charge is -2.36. The number of para-hydroxylation sites is 1. The molecule has 2 amide bonds. The molecule has 25 heavy (non-hydrogen) atoms. The van der Waals surface area contributed by atoms with Crippen molar-refractivity contribution in [2.45, 2.75) is 13.3 Å². The van der Waals surface area contributed by atoms with Gasteiger partial charge in [-0.05, 0) is 42.8 Å². The van der Waals surface area contributed by atoms with E-state index in [1.165, 1.54) is 0 Å². The topological polar surface area (TPSA) is 44.8 Å². The number of ether oxygens (including phenoxy) is 1. The van der Waals surface area contributed by atoms with Crippen LogP contribution in [0.25, 0.3) is 0 Å². The van der Waals surface area contributed by atoms with Gasteiger partial charge in [-0.1, -0.05) is 25.1 Å². The van der Waals surface area contributed by atoms with Crippen LogP contribution in [-0.4, -0.2) is 43.7 Å². The molecule has 1 aliphatic rings. The molecule has 0 atom stereocenters. The maximum absolute atomic E-state index is 12.0. The molecular weight excluding hydrogens is 314 g/mol. The Balaban J connectivity index is 1.52. The van der Waals surface area contributed by atoms with Gasteiger partial charge in [-0.25, -0.2) is 4.79 Å². The van der Waals surface area contributed by atoms with E-state index in [4.69, 9.17) is 4.74 Å². The van der Waals surface area contributed by atoms with Crippen molar-refractivity contribution in [3.8, 4) is 11.5 Å². The predicted molar refractivity (Wildman–Crippen MR) is 100 cm³/mol. The molecule has 1 fully saturated rings. The summed E-state index contributed by atoms with van der Waals surface area (Å²) in [7, 11) is 0. The number of urea groups is 1. The van der Waals surface area contributed by atoms with Crippen molar-refractivity contribution < 1.29 is 9.53 Å². The Morgan fingerprint density at radius 2 is 1.60 bits per heavy atom. The Hall–Kier alpha value is -2.69. The van der Waals surface area contributed by atoms with Crippen LogP contribution in [-0.2, 0) is 0 Å². The van der Waals surface area contributed by atoms with E-state index in [0.717, 1.165) is 56.3 Å². The van der Waals surface area contributed by atoms with E-state index in [-0.39, 0.29) is 6.03 Å². The normalized spacial score (nSPS) is 14.3. The number of rotatable bonds is 5. The van der Waals surface area contributed by atoms with Crippen molar-refractivity contribution in [1.29, 1.82) is 0 Å². The first-order chi connectivity index (χ1) is 12.3. The zero-order valence-corrected chi connectivity index (χ0v) is 14.6. The van der Waals surface area contributed by atoms with Gasteiger partial charge in [0, 0.05) is 38.4 Å². The van der Waals surface area contributed by atoms with Crippen molar-refractivity contribution in [3.05, 3.63) is 54.6 Å². The summed E-state index contributed by atoms with van der Waals surface area (Å²) in [6.45, 7) is 5.98. The SMILES string of the molecule is CCCNC(=O)N1CCN(c2ccc(Oc3ccccc3)cc2)CC1. The third-order valence-electron chi connectivity index (χ3n) is 4.27. The second-order valence-electron chi connectivity index (χ2n) is 6.12. The third-order valence-corrected chi connectivity index (χ3v) is 4.27. The third kappa shape index (κ3) is 4.66. The van der Waals surface area contributed by atoms with Crippen molar-refractivity contribution in [1.82, 2.24) is 10.2 Å². The molecular formula is C20H25N3O2. The average molecular weight is 339 g/mol. The van der Waals surface area contributed by atoms with Gasteiger partial charge in [0.05, 0.1) is 0 Å². The summed E-state index contributed by atoms with van der Waals surface area (Å²) >= 11 is 0. The fourth-order valence-corrected chi connectivity index (χ4v) is 2.86. The van der Waals surface area contributed by atoms with Crippen molar-refractivity contribution in [2.75, 3.05) is 37.6 Å². The maximum Gasteiger partial charge on any atom is 0.317 e. The quantitative estimate of drug-likeness (QED) is 0.903. The fourth-order valence-electron chi connectivity index (χ4n) is 2.86. The number of hydrogen-bond acceptors (Lipinski definition) is 3. The van der Waals surface area contributed by atoms with Gasteiger partial charge in [-0.2, -0.15) is 0 Å². The number of carbonyl (C=O) groups excluding carboxylic acids is 1. The van der Waals surface area contributed by atoms with Gasteiger partial charge < -0.3 is 19.9 Å². The van der Waals surface area contributed by atoms with E-state index in [2.05, 4.69) is 29.3 Å². The van der Waals surface area contributed by atoms with E-state index in [9.17, 15) is 4.79 Å². The molecule has 1 N–H and O–H groups in total. The summed E-state index contributed by atoms with van der Waals surface area (Å²) in [5.74, 6) is 1.66. The van der Waals surface area contributed by atoms with Gasteiger partial charge in [0.15, 0.2) is 0 Å². The molecule has 0 saturated carbocycles. The van der Waals surface area contributed by atoms with Crippen molar-refractivity contribution >= 4 is 11.7 Å². The smallest absolute Gasteiger partial charge is 0.317 e. The zero-order chi connectivity index (χ0) is 17.5. The average Bonchev–Trinajstić information content (AvgIpc) is 2.68. The molecule has 0 radical (unpaired) electrons. The van der Waals surface area contributed by atoms with Gasteiger partial charge in [0.25, 0.3) is 0 Å². The van der Waals surface area contributed by atoms with Crippen LogP contribution >= 0.6 is 0 Å². The fraction of sp³-hybridized carbons (Fsp3) is 0.350. The summed E-state index contributed by atoms with van der Waals surface area (Å²) in [5.41, 5.74) is 1.16. The van der Waals surface area contributed by atoms with Gasteiger partial charge in [0.1, 0.15) is 11.5 Å². The summed E-state index contributed by atoms with van der Waals surface area (Å²) in [4.78, 5) is 16.2. The number of benzene rings is 2. The van der Waals surface area contributed by atoms with Crippen LogP contribution in [0.5, 0.6) is 11.5 Å². The maximum atomic E-state index is 12.0. The lowest BCUT2D eigenvalue weighted by molar-refractivity contribution is 0.194. The molecule has 5 nitrogen and oxygen atoms in total. The number of hydrogen-bond donors (Lipinski definition) is 1. The second kappa shape index (κ2) is 8.42. The molecule has 0 bridgehead atoms. The molecule has 5 heteroatoms. The monoisotopic (exact) mass is 339 g/mol. The molecule has 1 aliphatic heterocycles. The number of amides is 2. The van der Waals surface area contributed by atoms with Crippen LogP contribution in [0.1, 0.15) is 13.3 Å². The van der Waals surface area contributed by atoms with Crippen LogP contribution < -0.4 is 15.0 Å². The van der Waals surface area contributed by atoms with E-state index >= 15 is 0 Å². The highest BCUT2D eigenvalue weighted by Crippen LogP contribution is 2.24. The number of piperazine rings is 1. The van der Waals surface area contributed by atoms with E-state index in [0.29, 0.717) is 0 Å². The first-order valence-corrected chi connectivity index (χ1v) is 8.87. The highest BCUT2D eigenvalue weighted by molar-refractivity contribution is 5.74. The standard InChI is InChI=1S/C20H25N3O2/c1-2-12-21-20(24)23-15-13-22(14-16-23)17-8-10-19(11-9-17)25-18-6-4-3-5-7-18/h3-11H,2,12-16H2,1H3,(H,21,24). The number of anilines is 1.